The summed E-state index contributed by atoms with van der Waals surface area (Å²) in [6, 6.07) is 11.4. The number of hydrogen-bond donors (Lipinski definition) is 2. The Labute approximate surface area is 125 Å². The van der Waals surface area contributed by atoms with Gasteiger partial charge in [-0.2, -0.15) is 0 Å². The van der Waals surface area contributed by atoms with Crippen molar-refractivity contribution in [2.75, 3.05) is 15.8 Å². The van der Waals surface area contributed by atoms with Crippen molar-refractivity contribution >= 4 is 27.2 Å². The first kappa shape index (κ1) is 15.3. The fourth-order valence-corrected chi connectivity index (χ4v) is 2.98. The largest absolute Gasteiger partial charge is 0.354 e. The van der Waals surface area contributed by atoms with Crippen molar-refractivity contribution in [1.29, 1.82) is 0 Å². The average Bonchev–Trinajstić information content (AvgIpc) is 2.40. The predicted octanol–water partition coefficient (Wildman–Crippen LogP) is 3.29. The van der Waals surface area contributed by atoms with E-state index in [-0.39, 0.29) is 5.75 Å². The van der Waals surface area contributed by atoms with Gasteiger partial charge in [-0.25, -0.2) is 13.4 Å². The van der Waals surface area contributed by atoms with Gasteiger partial charge in [-0.3, -0.25) is 4.72 Å². The van der Waals surface area contributed by atoms with Crippen LogP contribution < -0.4 is 10.0 Å². The molecule has 5 nitrogen and oxygen atoms in total. The van der Waals surface area contributed by atoms with Gasteiger partial charge in [0.25, 0.3) is 0 Å². The molecule has 0 saturated heterocycles. The first-order valence-corrected chi connectivity index (χ1v) is 8.44. The molecule has 0 radical (unpaired) electrons. The lowest BCUT2D eigenvalue weighted by molar-refractivity contribution is 0.599. The van der Waals surface area contributed by atoms with Crippen molar-refractivity contribution in [1.82, 2.24) is 4.98 Å². The molecule has 2 N–H and O–H groups in total. The zero-order chi connectivity index (χ0) is 15.3. The Kier molecular flexibility index (Phi) is 4.80. The number of aryl methyl sites for hydroxylation is 1. The standard InChI is InChI=1S/C15H19N3O2S/c1-3-9-21(19,20)18-15-8-7-14(11-16-15)17-13-6-4-5-12(2)10-13/h4-8,10-11,17H,3,9H2,1-2H3,(H,16,18). The lowest BCUT2D eigenvalue weighted by Gasteiger charge is -2.09. The molecule has 0 fully saturated rings. The van der Waals surface area contributed by atoms with E-state index in [1.54, 1.807) is 18.3 Å². The van der Waals surface area contributed by atoms with Crippen molar-refractivity contribution in [2.45, 2.75) is 20.3 Å². The SMILES string of the molecule is CCCS(=O)(=O)Nc1ccc(Nc2cccc(C)c2)cn1. The molecular formula is C15H19N3O2S. The highest BCUT2D eigenvalue weighted by Crippen LogP contribution is 2.18. The van der Waals surface area contributed by atoms with Crippen LogP contribution in [0.15, 0.2) is 42.6 Å². The van der Waals surface area contributed by atoms with E-state index in [1.165, 1.54) is 0 Å². The zero-order valence-electron chi connectivity index (χ0n) is 12.1. The number of anilines is 3. The van der Waals surface area contributed by atoms with E-state index >= 15 is 0 Å². The third-order valence-electron chi connectivity index (χ3n) is 2.80. The predicted molar refractivity (Wildman–Crippen MR) is 86.4 cm³/mol. The molecule has 112 valence electrons. The Morgan fingerprint density at radius 1 is 1.14 bits per heavy atom. The van der Waals surface area contributed by atoms with Gasteiger partial charge in [-0.05, 0) is 43.2 Å². The highest BCUT2D eigenvalue weighted by molar-refractivity contribution is 7.92. The van der Waals surface area contributed by atoms with Crippen molar-refractivity contribution in [3.8, 4) is 0 Å². The molecule has 1 aromatic carbocycles. The Balaban J connectivity index is 2.05. The van der Waals surface area contributed by atoms with Crippen molar-refractivity contribution in [3.63, 3.8) is 0 Å². The van der Waals surface area contributed by atoms with Gasteiger partial charge >= 0.3 is 0 Å². The molecule has 1 aromatic heterocycles. The lowest BCUT2D eigenvalue weighted by Crippen LogP contribution is -2.16. The third kappa shape index (κ3) is 4.75. The van der Waals surface area contributed by atoms with Gasteiger partial charge in [0.15, 0.2) is 0 Å². The number of sulfonamides is 1. The van der Waals surface area contributed by atoms with Gasteiger partial charge in [-0.15, -0.1) is 0 Å². The molecule has 0 unspecified atom stereocenters. The summed E-state index contributed by atoms with van der Waals surface area (Å²) >= 11 is 0. The van der Waals surface area contributed by atoms with Crippen LogP contribution in [0.5, 0.6) is 0 Å². The summed E-state index contributed by atoms with van der Waals surface area (Å²) in [7, 11) is -3.29. The zero-order valence-corrected chi connectivity index (χ0v) is 12.9. The fraction of sp³-hybridized carbons (Fsp3) is 0.267. The molecule has 0 amide bonds. The van der Waals surface area contributed by atoms with Crippen molar-refractivity contribution in [3.05, 3.63) is 48.2 Å². The number of rotatable bonds is 6. The molecule has 21 heavy (non-hydrogen) atoms. The van der Waals surface area contributed by atoms with E-state index in [0.29, 0.717) is 12.2 Å². The van der Waals surface area contributed by atoms with E-state index in [2.05, 4.69) is 15.0 Å². The van der Waals surface area contributed by atoms with E-state index in [1.807, 2.05) is 38.1 Å². The minimum atomic E-state index is -3.29. The molecule has 2 rings (SSSR count). The molecule has 0 saturated carbocycles. The van der Waals surface area contributed by atoms with E-state index < -0.39 is 10.0 Å². The lowest BCUT2D eigenvalue weighted by atomic mass is 10.2. The van der Waals surface area contributed by atoms with Crippen LogP contribution in [0.4, 0.5) is 17.2 Å². The number of hydrogen-bond acceptors (Lipinski definition) is 4. The Morgan fingerprint density at radius 3 is 2.57 bits per heavy atom. The molecule has 0 aliphatic carbocycles. The van der Waals surface area contributed by atoms with Crippen LogP contribution >= 0.6 is 0 Å². The summed E-state index contributed by atoms with van der Waals surface area (Å²) in [4.78, 5) is 4.11. The van der Waals surface area contributed by atoms with Crippen LogP contribution in [-0.4, -0.2) is 19.2 Å². The summed E-state index contributed by atoms with van der Waals surface area (Å²) in [6.45, 7) is 3.84. The van der Waals surface area contributed by atoms with Crippen LogP contribution in [0.1, 0.15) is 18.9 Å². The first-order valence-electron chi connectivity index (χ1n) is 6.79. The number of nitrogens with one attached hydrogen (secondary N) is 2. The number of aromatic nitrogens is 1. The Hall–Kier alpha value is -2.08. The molecular weight excluding hydrogens is 286 g/mol. The number of benzene rings is 1. The monoisotopic (exact) mass is 305 g/mol. The third-order valence-corrected chi connectivity index (χ3v) is 4.27. The van der Waals surface area contributed by atoms with Crippen molar-refractivity contribution in [2.24, 2.45) is 0 Å². The second-order valence-corrected chi connectivity index (χ2v) is 6.69. The van der Waals surface area contributed by atoms with Gasteiger partial charge < -0.3 is 5.32 Å². The van der Waals surface area contributed by atoms with Crippen LogP contribution in [0.2, 0.25) is 0 Å². The van der Waals surface area contributed by atoms with Gasteiger partial charge in [0.05, 0.1) is 17.6 Å². The van der Waals surface area contributed by atoms with E-state index in [9.17, 15) is 8.42 Å². The summed E-state index contributed by atoms with van der Waals surface area (Å²) in [5.41, 5.74) is 2.94. The average molecular weight is 305 g/mol. The molecule has 6 heteroatoms. The maximum atomic E-state index is 11.6. The first-order chi connectivity index (χ1) is 9.98. The number of pyridine rings is 1. The minimum Gasteiger partial charge on any atom is -0.354 e. The highest BCUT2D eigenvalue weighted by atomic mass is 32.2. The maximum absolute atomic E-state index is 11.6. The Morgan fingerprint density at radius 2 is 1.95 bits per heavy atom. The van der Waals surface area contributed by atoms with E-state index in [0.717, 1.165) is 16.9 Å². The normalized spacial score (nSPS) is 11.1. The minimum absolute atomic E-state index is 0.0952. The van der Waals surface area contributed by atoms with Crippen LogP contribution in [-0.2, 0) is 10.0 Å². The topological polar surface area (TPSA) is 71.1 Å². The van der Waals surface area contributed by atoms with Crippen LogP contribution in [0, 0.1) is 6.92 Å². The number of nitrogens with zero attached hydrogens (tertiary/aromatic N) is 1. The molecule has 0 aliphatic rings. The summed E-state index contributed by atoms with van der Waals surface area (Å²) in [5, 5.41) is 3.22. The van der Waals surface area contributed by atoms with Gasteiger partial charge in [0.1, 0.15) is 5.82 Å². The second-order valence-electron chi connectivity index (χ2n) is 4.85. The smallest absolute Gasteiger partial charge is 0.233 e. The van der Waals surface area contributed by atoms with Gasteiger partial charge in [0.2, 0.25) is 10.0 Å². The Bertz CT molecular complexity index is 697. The molecule has 0 bridgehead atoms. The second kappa shape index (κ2) is 6.58. The van der Waals surface area contributed by atoms with Gasteiger partial charge in [-0.1, -0.05) is 19.1 Å². The van der Waals surface area contributed by atoms with Gasteiger partial charge in [0, 0.05) is 5.69 Å². The fourth-order valence-electron chi connectivity index (χ4n) is 1.90. The van der Waals surface area contributed by atoms with Crippen LogP contribution in [0.3, 0.4) is 0 Å². The summed E-state index contributed by atoms with van der Waals surface area (Å²) in [6.07, 6.45) is 2.18. The molecule has 0 spiro atoms. The van der Waals surface area contributed by atoms with Crippen molar-refractivity contribution < 1.29 is 8.42 Å². The molecule has 0 aliphatic heterocycles. The maximum Gasteiger partial charge on any atom is 0.233 e. The summed E-state index contributed by atoms with van der Waals surface area (Å²) < 4.78 is 25.7. The summed E-state index contributed by atoms with van der Waals surface area (Å²) in [5.74, 6) is 0.427. The quantitative estimate of drug-likeness (QED) is 0.859. The van der Waals surface area contributed by atoms with Crippen LogP contribution in [0.25, 0.3) is 0 Å². The molecule has 0 atom stereocenters. The van der Waals surface area contributed by atoms with E-state index in [4.69, 9.17) is 0 Å². The highest BCUT2D eigenvalue weighted by Gasteiger charge is 2.09. The molecule has 1 heterocycles. The molecule has 2 aromatic rings.